The van der Waals surface area contributed by atoms with E-state index >= 15 is 0 Å². The molecule has 1 aromatic carbocycles. The Balaban J connectivity index is 2.32. The van der Waals surface area contributed by atoms with Gasteiger partial charge < -0.3 is 19.1 Å². The van der Waals surface area contributed by atoms with Gasteiger partial charge in [0.15, 0.2) is 0 Å². The number of ether oxygens (including phenoxy) is 3. The second-order valence-corrected chi connectivity index (χ2v) is 8.19. The average molecular weight is 397 g/mol. The topological polar surface area (TPSA) is 51.2 Å². The summed E-state index contributed by atoms with van der Waals surface area (Å²) in [7, 11) is 4.87. The molecule has 0 spiro atoms. The van der Waals surface area contributed by atoms with Crippen LogP contribution in [0.3, 0.4) is 0 Å². The molecule has 7 heteroatoms. The minimum atomic E-state index is -0.130. The molecule has 1 unspecified atom stereocenters. The number of methoxy groups -OCH3 is 3. The van der Waals surface area contributed by atoms with Gasteiger partial charge in [0.05, 0.1) is 32.6 Å². The number of carbonyl (C=O) groups is 1. The van der Waals surface area contributed by atoms with E-state index in [4.69, 9.17) is 14.2 Å². The van der Waals surface area contributed by atoms with E-state index in [-0.39, 0.29) is 11.3 Å². The summed E-state index contributed by atoms with van der Waals surface area (Å²) >= 11 is 1.61. The Labute approximate surface area is 167 Å². The van der Waals surface area contributed by atoms with Crippen LogP contribution in [0.25, 0.3) is 0 Å². The maximum Gasteiger partial charge on any atom is 0.233 e. The molecule has 0 aliphatic carbocycles. The molecule has 1 amide bonds. The minimum absolute atomic E-state index is 0.130. The third kappa shape index (κ3) is 4.82. The molecule has 0 aromatic heterocycles. The van der Waals surface area contributed by atoms with Crippen molar-refractivity contribution in [3.8, 4) is 17.2 Å². The second kappa shape index (κ2) is 9.55. The fraction of sp³-hybridized carbons (Fsp3) is 0.650. The first-order chi connectivity index (χ1) is 12.8. The Morgan fingerprint density at radius 3 is 2.07 bits per heavy atom. The van der Waals surface area contributed by atoms with Gasteiger partial charge in [-0.15, -0.1) is 11.8 Å². The molecule has 0 bridgehead atoms. The van der Waals surface area contributed by atoms with Gasteiger partial charge in [0, 0.05) is 37.3 Å². The highest BCUT2D eigenvalue weighted by atomic mass is 32.2. The van der Waals surface area contributed by atoms with Crippen LogP contribution in [0.5, 0.6) is 17.2 Å². The lowest BCUT2D eigenvalue weighted by molar-refractivity contribution is -0.128. The summed E-state index contributed by atoms with van der Waals surface area (Å²) in [5, 5.41) is -0.130. The van der Waals surface area contributed by atoms with Crippen LogP contribution in [-0.4, -0.2) is 68.0 Å². The van der Waals surface area contributed by atoms with Gasteiger partial charge in [0.25, 0.3) is 0 Å². The predicted molar refractivity (Wildman–Crippen MR) is 110 cm³/mol. The molecule has 0 radical (unpaired) electrons. The van der Waals surface area contributed by atoms with Crippen molar-refractivity contribution in [2.24, 2.45) is 0 Å². The molecule has 0 N–H and O–H groups in total. The van der Waals surface area contributed by atoms with Crippen molar-refractivity contribution < 1.29 is 19.0 Å². The number of carbonyl (C=O) groups excluding carboxylic acids is 1. The normalized spacial score (nSPS) is 17.3. The van der Waals surface area contributed by atoms with Gasteiger partial charge in [-0.05, 0) is 27.7 Å². The Kier molecular flexibility index (Phi) is 7.68. The predicted octanol–water partition coefficient (Wildman–Crippen LogP) is 3.41. The van der Waals surface area contributed by atoms with Gasteiger partial charge in [-0.2, -0.15) is 0 Å². The highest BCUT2D eigenvalue weighted by Gasteiger charge is 2.37. The van der Waals surface area contributed by atoms with Crippen LogP contribution in [-0.2, 0) is 4.79 Å². The molecule has 1 aromatic rings. The van der Waals surface area contributed by atoms with Crippen LogP contribution in [0.15, 0.2) is 12.1 Å². The SMILES string of the molecule is COc1cc(OC)c(C2SCC(=O)N2CCN(C(C)C)C(C)C)c(OC)c1. The highest BCUT2D eigenvalue weighted by molar-refractivity contribution is 8.00. The lowest BCUT2D eigenvalue weighted by Gasteiger charge is -2.34. The van der Waals surface area contributed by atoms with Crippen molar-refractivity contribution >= 4 is 17.7 Å². The molecule has 2 rings (SSSR count). The van der Waals surface area contributed by atoms with E-state index in [1.54, 1.807) is 33.1 Å². The fourth-order valence-corrected chi connectivity index (χ4v) is 4.82. The first kappa shape index (κ1) is 21.7. The summed E-state index contributed by atoms with van der Waals surface area (Å²) in [4.78, 5) is 17.0. The molecule has 1 atom stereocenters. The van der Waals surface area contributed by atoms with Crippen molar-refractivity contribution in [1.82, 2.24) is 9.80 Å². The van der Waals surface area contributed by atoms with E-state index in [0.717, 1.165) is 12.1 Å². The zero-order valence-electron chi connectivity index (χ0n) is 17.4. The van der Waals surface area contributed by atoms with E-state index < -0.39 is 0 Å². The summed E-state index contributed by atoms with van der Waals surface area (Å²) in [5.74, 6) is 2.63. The quantitative estimate of drug-likeness (QED) is 0.638. The fourth-order valence-electron chi connectivity index (χ4n) is 3.55. The third-order valence-corrected chi connectivity index (χ3v) is 6.11. The van der Waals surface area contributed by atoms with Gasteiger partial charge in [-0.3, -0.25) is 9.69 Å². The molecular formula is C20H32N2O4S. The molecule has 1 saturated heterocycles. The maximum atomic E-state index is 12.6. The van der Waals surface area contributed by atoms with Crippen molar-refractivity contribution in [2.45, 2.75) is 45.2 Å². The first-order valence-corrected chi connectivity index (χ1v) is 10.4. The van der Waals surface area contributed by atoms with Crippen LogP contribution in [0.1, 0.15) is 38.6 Å². The minimum Gasteiger partial charge on any atom is -0.496 e. The number of hydrogen-bond acceptors (Lipinski definition) is 6. The van der Waals surface area contributed by atoms with Crippen LogP contribution >= 0.6 is 11.8 Å². The number of hydrogen-bond donors (Lipinski definition) is 0. The molecule has 1 heterocycles. The molecule has 27 heavy (non-hydrogen) atoms. The summed E-state index contributed by atoms with van der Waals surface area (Å²) in [6.07, 6.45) is 0. The number of thioether (sulfide) groups is 1. The molecule has 0 saturated carbocycles. The smallest absolute Gasteiger partial charge is 0.233 e. The third-order valence-electron chi connectivity index (χ3n) is 4.89. The monoisotopic (exact) mass is 396 g/mol. The largest absolute Gasteiger partial charge is 0.496 e. The zero-order valence-corrected chi connectivity index (χ0v) is 18.3. The van der Waals surface area contributed by atoms with Crippen molar-refractivity contribution in [1.29, 1.82) is 0 Å². The zero-order chi connectivity index (χ0) is 20.1. The lowest BCUT2D eigenvalue weighted by Crippen LogP contribution is -2.43. The molecule has 1 aliphatic heterocycles. The summed E-state index contributed by atoms with van der Waals surface area (Å²) < 4.78 is 16.6. The number of amides is 1. The van der Waals surface area contributed by atoms with Crippen molar-refractivity contribution in [3.05, 3.63) is 17.7 Å². The van der Waals surface area contributed by atoms with Gasteiger partial charge in [0.1, 0.15) is 22.6 Å². The number of rotatable bonds is 9. The Morgan fingerprint density at radius 2 is 1.63 bits per heavy atom. The molecular weight excluding hydrogens is 364 g/mol. The van der Waals surface area contributed by atoms with Crippen molar-refractivity contribution in [2.75, 3.05) is 40.2 Å². The van der Waals surface area contributed by atoms with E-state index in [0.29, 0.717) is 41.6 Å². The van der Waals surface area contributed by atoms with E-state index in [1.165, 1.54) is 0 Å². The van der Waals surface area contributed by atoms with Crippen LogP contribution in [0.2, 0.25) is 0 Å². The van der Waals surface area contributed by atoms with Gasteiger partial charge in [-0.1, -0.05) is 0 Å². The van der Waals surface area contributed by atoms with Crippen LogP contribution < -0.4 is 14.2 Å². The Hall–Kier alpha value is -1.60. The van der Waals surface area contributed by atoms with E-state index in [1.807, 2.05) is 17.0 Å². The first-order valence-electron chi connectivity index (χ1n) is 9.30. The van der Waals surface area contributed by atoms with Gasteiger partial charge >= 0.3 is 0 Å². The standard InChI is InChI=1S/C20H32N2O4S/c1-13(2)21(14(3)4)8-9-22-18(23)12-27-20(22)19-16(25-6)10-15(24-5)11-17(19)26-7/h10-11,13-14,20H,8-9,12H2,1-7H3. The molecule has 6 nitrogen and oxygen atoms in total. The number of benzene rings is 1. The van der Waals surface area contributed by atoms with Crippen LogP contribution in [0, 0.1) is 0 Å². The molecule has 1 fully saturated rings. The van der Waals surface area contributed by atoms with E-state index in [9.17, 15) is 4.79 Å². The second-order valence-electron chi connectivity index (χ2n) is 7.12. The van der Waals surface area contributed by atoms with E-state index in [2.05, 4.69) is 32.6 Å². The Bertz CT molecular complexity index is 618. The van der Waals surface area contributed by atoms with Crippen molar-refractivity contribution in [3.63, 3.8) is 0 Å². The summed E-state index contributed by atoms with van der Waals surface area (Å²) in [5.41, 5.74) is 0.886. The molecule has 152 valence electrons. The molecule has 1 aliphatic rings. The maximum absolute atomic E-state index is 12.6. The highest BCUT2D eigenvalue weighted by Crippen LogP contribution is 2.48. The van der Waals surface area contributed by atoms with Crippen LogP contribution in [0.4, 0.5) is 0 Å². The summed E-state index contributed by atoms with van der Waals surface area (Å²) in [6, 6.07) is 4.54. The van der Waals surface area contributed by atoms with Gasteiger partial charge in [-0.25, -0.2) is 0 Å². The Morgan fingerprint density at radius 1 is 1.07 bits per heavy atom. The lowest BCUT2D eigenvalue weighted by atomic mass is 10.1. The number of nitrogens with zero attached hydrogens (tertiary/aromatic N) is 2. The summed E-state index contributed by atoms with van der Waals surface area (Å²) in [6.45, 7) is 10.3. The van der Waals surface area contributed by atoms with Gasteiger partial charge in [0.2, 0.25) is 5.91 Å². The average Bonchev–Trinajstić information content (AvgIpc) is 3.00.